The molecule has 0 amide bonds. The van der Waals surface area contributed by atoms with E-state index < -0.39 is 0 Å². The highest BCUT2D eigenvalue weighted by Gasteiger charge is 2.03. The van der Waals surface area contributed by atoms with Crippen molar-refractivity contribution >= 4 is 0 Å². The molecule has 0 aromatic carbocycles. The largest absolute Gasteiger partial charge is 0.311 e. The average molecular weight is 193 g/mol. The Kier molecular flexibility index (Phi) is 4.65. The minimum absolute atomic E-state index is 0.295. The van der Waals surface area contributed by atoms with Crippen LogP contribution < -0.4 is 5.32 Å². The lowest BCUT2D eigenvalue weighted by molar-refractivity contribution is 0.464. The number of hydrogen-bond donors (Lipinski definition) is 1. The molecule has 5 heteroatoms. The van der Waals surface area contributed by atoms with Gasteiger partial charge in [-0.3, -0.25) is 4.68 Å². The fourth-order valence-corrected chi connectivity index (χ4v) is 1.21. The lowest BCUT2D eigenvalue weighted by Gasteiger charge is -2.12. The summed E-state index contributed by atoms with van der Waals surface area (Å²) in [6.45, 7) is 3.69. The molecular weight excluding hydrogens is 178 g/mol. The van der Waals surface area contributed by atoms with E-state index in [1.165, 1.54) is 0 Å². The molecule has 1 atom stereocenters. The van der Waals surface area contributed by atoms with Crippen molar-refractivity contribution in [2.75, 3.05) is 6.54 Å². The molecule has 14 heavy (non-hydrogen) atoms. The van der Waals surface area contributed by atoms with Crippen LogP contribution in [0.4, 0.5) is 0 Å². The van der Waals surface area contributed by atoms with Crippen molar-refractivity contribution in [1.82, 2.24) is 20.3 Å². The molecule has 1 aromatic rings. The molecule has 0 fully saturated rings. The van der Waals surface area contributed by atoms with Crippen LogP contribution in [-0.4, -0.2) is 27.6 Å². The Hall–Kier alpha value is -1.41. The SMILES string of the molecule is CCC(CC#N)NCCn1ccnn1. The minimum atomic E-state index is 0.295. The first-order chi connectivity index (χ1) is 6.86. The molecule has 0 saturated carbocycles. The first-order valence-corrected chi connectivity index (χ1v) is 4.81. The molecule has 1 rings (SSSR count). The predicted molar refractivity (Wildman–Crippen MR) is 52.3 cm³/mol. The highest BCUT2D eigenvalue weighted by Crippen LogP contribution is 1.95. The highest BCUT2D eigenvalue weighted by atomic mass is 15.4. The molecule has 0 aliphatic rings. The lowest BCUT2D eigenvalue weighted by Crippen LogP contribution is -2.31. The van der Waals surface area contributed by atoms with Gasteiger partial charge in [0.05, 0.1) is 25.2 Å². The number of nitrogens with one attached hydrogen (secondary N) is 1. The second-order valence-electron chi connectivity index (χ2n) is 3.09. The van der Waals surface area contributed by atoms with Crippen molar-refractivity contribution in [2.24, 2.45) is 0 Å². The van der Waals surface area contributed by atoms with Crippen LogP contribution in [0.15, 0.2) is 12.4 Å². The van der Waals surface area contributed by atoms with Gasteiger partial charge in [0.15, 0.2) is 0 Å². The summed E-state index contributed by atoms with van der Waals surface area (Å²) >= 11 is 0. The van der Waals surface area contributed by atoms with E-state index >= 15 is 0 Å². The maximum Gasteiger partial charge on any atom is 0.0692 e. The van der Waals surface area contributed by atoms with Crippen molar-refractivity contribution in [3.05, 3.63) is 12.4 Å². The van der Waals surface area contributed by atoms with Crippen molar-refractivity contribution in [3.63, 3.8) is 0 Å². The summed E-state index contributed by atoms with van der Waals surface area (Å²) in [6, 6.07) is 2.46. The molecule has 1 heterocycles. The summed E-state index contributed by atoms with van der Waals surface area (Å²) in [5.41, 5.74) is 0. The monoisotopic (exact) mass is 193 g/mol. The molecule has 1 aromatic heterocycles. The van der Waals surface area contributed by atoms with Gasteiger partial charge in [0.25, 0.3) is 0 Å². The summed E-state index contributed by atoms with van der Waals surface area (Å²) in [4.78, 5) is 0. The van der Waals surface area contributed by atoms with Gasteiger partial charge in [0.2, 0.25) is 0 Å². The van der Waals surface area contributed by atoms with Crippen LogP contribution in [0.3, 0.4) is 0 Å². The molecule has 1 unspecified atom stereocenters. The zero-order valence-electron chi connectivity index (χ0n) is 8.35. The summed E-state index contributed by atoms with van der Waals surface area (Å²) in [6.07, 6.45) is 5.03. The Morgan fingerprint density at radius 2 is 2.50 bits per heavy atom. The Balaban J connectivity index is 2.17. The van der Waals surface area contributed by atoms with Gasteiger partial charge in [0, 0.05) is 18.8 Å². The molecule has 76 valence electrons. The van der Waals surface area contributed by atoms with Crippen molar-refractivity contribution < 1.29 is 0 Å². The van der Waals surface area contributed by atoms with Gasteiger partial charge in [-0.15, -0.1) is 5.10 Å². The number of nitriles is 1. The van der Waals surface area contributed by atoms with Crippen molar-refractivity contribution in [3.8, 4) is 6.07 Å². The van der Waals surface area contributed by atoms with E-state index in [9.17, 15) is 0 Å². The van der Waals surface area contributed by atoms with E-state index in [0.29, 0.717) is 12.5 Å². The quantitative estimate of drug-likeness (QED) is 0.717. The van der Waals surface area contributed by atoms with Crippen LogP contribution in [0.2, 0.25) is 0 Å². The van der Waals surface area contributed by atoms with Crippen molar-refractivity contribution in [2.45, 2.75) is 32.4 Å². The second kappa shape index (κ2) is 6.11. The first kappa shape index (κ1) is 10.7. The van der Waals surface area contributed by atoms with Gasteiger partial charge in [-0.1, -0.05) is 12.1 Å². The lowest BCUT2D eigenvalue weighted by atomic mass is 10.2. The molecule has 0 radical (unpaired) electrons. The third-order valence-corrected chi connectivity index (χ3v) is 2.08. The highest BCUT2D eigenvalue weighted by molar-refractivity contribution is 4.79. The molecule has 5 nitrogen and oxygen atoms in total. The van der Waals surface area contributed by atoms with E-state index in [1.54, 1.807) is 10.9 Å². The molecule has 0 aliphatic heterocycles. The maximum absolute atomic E-state index is 8.53. The topological polar surface area (TPSA) is 66.5 Å². The van der Waals surface area contributed by atoms with Gasteiger partial charge in [0.1, 0.15) is 0 Å². The van der Waals surface area contributed by atoms with E-state index in [1.807, 2.05) is 6.20 Å². The van der Waals surface area contributed by atoms with Crippen LogP contribution >= 0.6 is 0 Å². The third-order valence-electron chi connectivity index (χ3n) is 2.08. The second-order valence-corrected chi connectivity index (χ2v) is 3.09. The Bertz CT molecular complexity index is 274. The molecule has 0 saturated heterocycles. The molecule has 1 N–H and O–H groups in total. The zero-order chi connectivity index (χ0) is 10.2. The number of hydrogen-bond acceptors (Lipinski definition) is 4. The first-order valence-electron chi connectivity index (χ1n) is 4.81. The standard InChI is InChI=1S/C9H15N5/c1-2-9(3-4-10)11-5-7-14-8-6-12-13-14/h6,8-9,11H,2-3,5,7H2,1H3. The van der Waals surface area contributed by atoms with Crippen LogP contribution in [-0.2, 0) is 6.54 Å². The third kappa shape index (κ3) is 3.54. The van der Waals surface area contributed by atoms with Gasteiger partial charge < -0.3 is 5.32 Å². The predicted octanol–water partition coefficient (Wildman–Crippen LogP) is 0.560. The fraction of sp³-hybridized carbons (Fsp3) is 0.667. The van der Waals surface area contributed by atoms with Gasteiger partial charge in [-0.05, 0) is 6.42 Å². The van der Waals surface area contributed by atoms with Crippen LogP contribution in [0.1, 0.15) is 19.8 Å². The summed E-state index contributed by atoms with van der Waals surface area (Å²) < 4.78 is 1.77. The molecule has 0 bridgehead atoms. The van der Waals surface area contributed by atoms with E-state index in [0.717, 1.165) is 19.5 Å². The smallest absolute Gasteiger partial charge is 0.0692 e. The summed E-state index contributed by atoms with van der Waals surface area (Å²) in [5.74, 6) is 0. The van der Waals surface area contributed by atoms with E-state index in [4.69, 9.17) is 5.26 Å². The summed E-state index contributed by atoms with van der Waals surface area (Å²) in [5, 5.41) is 19.4. The number of aromatic nitrogens is 3. The Morgan fingerprint density at radius 3 is 3.07 bits per heavy atom. The number of nitrogens with zero attached hydrogens (tertiary/aromatic N) is 4. The van der Waals surface area contributed by atoms with Gasteiger partial charge >= 0.3 is 0 Å². The Morgan fingerprint density at radius 1 is 1.64 bits per heavy atom. The van der Waals surface area contributed by atoms with Crippen molar-refractivity contribution in [1.29, 1.82) is 5.26 Å². The Labute approximate surface area is 83.7 Å². The summed E-state index contributed by atoms with van der Waals surface area (Å²) in [7, 11) is 0. The van der Waals surface area contributed by atoms with Gasteiger partial charge in [-0.25, -0.2) is 0 Å². The van der Waals surface area contributed by atoms with E-state index in [-0.39, 0.29) is 0 Å². The molecule has 0 aliphatic carbocycles. The van der Waals surface area contributed by atoms with E-state index in [2.05, 4.69) is 28.6 Å². The fourth-order valence-electron chi connectivity index (χ4n) is 1.21. The van der Waals surface area contributed by atoms with Crippen LogP contribution in [0.25, 0.3) is 0 Å². The average Bonchev–Trinajstić information content (AvgIpc) is 2.69. The normalized spacial score (nSPS) is 12.3. The maximum atomic E-state index is 8.53. The van der Waals surface area contributed by atoms with Gasteiger partial charge in [-0.2, -0.15) is 5.26 Å². The molecule has 0 spiro atoms. The zero-order valence-corrected chi connectivity index (χ0v) is 8.35. The minimum Gasteiger partial charge on any atom is -0.311 e. The number of rotatable bonds is 6. The van der Waals surface area contributed by atoms with Crippen LogP contribution in [0.5, 0.6) is 0 Å². The van der Waals surface area contributed by atoms with Crippen LogP contribution in [0, 0.1) is 11.3 Å². The molecular formula is C9H15N5.